The molecule has 0 spiro atoms. The summed E-state index contributed by atoms with van der Waals surface area (Å²) in [6.45, 7) is -1.77. The number of rotatable bonds is 12. The summed E-state index contributed by atoms with van der Waals surface area (Å²) in [5.74, 6) is 0.592. The quantitative estimate of drug-likeness (QED) is 0.265. The molecule has 1 aromatic heterocycles. The Morgan fingerprint density at radius 1 is 1.07 bits per heavy atom. The molecule has 0 radical (unpaired) electrons. The predicted molar refractivity (Wildman–Crippen MR) is 145 cm³/mol. The first kappa shape index (κ1) is 31.4. The van der Waals surface area contributed by atoms with Crippen molar-refractivity contribution in [1.82, 2.24) is 4.98 Å². The average molecular weight is 616 g/mol. The second kappa shape index (κ2) is 13.2. The summed E-state index contributed by atoms with van der Waals surface area (Å²) in [4.78, 5) is 6.35. The number of pyridine rings is 1. The fraction of sp³-hybridized carbons (Fsp3) is 0.393. The lowest BCUT2D eigenvalue weighted by Gasteiger charge is -2.26. The van der Waals surface area contributed by atoms with Crippen LogP contribution < -0.4 is 15.0 Å². The molecule has 0 unspecified atom stereocenters. The van der Waals surface area contributed by atoms with Gasteiger partial charge in [0.1, 0.15) is 17.7 Å². The van der Waals surface area contributed by atoms with E-state index in [1.807, 2.05) is 0 Å². The molecule has 1 aliphatic heterocycles. The lowest BCUT2D eigenvalue weighted by Crippen LogP contribution is -2.34. The maximum absolute atomic E-state index is 12.9. The number of benzene rings is 2. The highest BCUT2D eigenvalue weighted by molar-refractivity contribution is 7.91. The molecule has 8 nitrogen and oxygen atoms in total. The van der Waals surface area contributed by atoms with E-state index < -0.39 is 46.4 Å². The molecule has 0 aliphatic carbocycles. The van der Waals surface area contributed by atoms with Crippen LogP contribution in [0.5, 0.6) is 5.75 Å². The molecule has 2 aromatic carbocycles. The number of sulfone groups is 1. The number of nitrogens with zero attached hydrogens (tertiary/aromatic N) is 2. The number of hydrogen-bond donors (Lipinski definition) is 2. The molecule has 0 bridgehead atoms. The van der Waals surface area contributed by atoms with Gasteiger partial charge in [-0.05, 0) is 54.1 Å². The van der Waals surface area contributed by atoms with Gasteiger partial charge in [0.05, 0.1) is 59.9 Å². The number of aromatic nitrogens is 1. The van der Waals surface area contributed by atoms with Crippen LogP contribution in [-0.2, 0) is 20.8 Å². The number of halogens is 5. The van der Waals surface area contributed by atoms with Gasteiger partial charge in [-0.25, -0.2) is 13.4 Å². The van der Waals surface area contributed by atoms with Crippen molar-refractivity contribution in [2.45, 2.75) is 49.2 Å². The minimum absolute atomic E-state index is 0.0294. The van der Waals surface area contributed by atoms with Crippen LogP contribution in [0.4, 0.5) is 33.5 Å². The minimum Gasteiger partial charge on any atom is -0.489 e. The Balaban J connectivity index is 1.45. The van der Waals surface area contributed by atoms with Gasteiger partial charge >= 0.3 is 12.8 Å². The zero-order chi connectivity index (χ0) is 30.5. The van der Waals surface area contributed by atoms with Crippen molar-refractivity contribution in [3.8, 4) is 5.75 Å². The molecule has 0 saturated carbocycles. The molecule has 14 heteroatoms. The van der Waals surface area contributed by atoms with Crippen LogP contribution in [0.25, 0.3) is 0 Å². The van der Waals surface area contributed by atoms with E-state index in [0.717, 1.165) is 12.1 Å². The normalized spacial score (nSPS) is 18.3. The Morgan fingerprint density at radius 3 is 2.31 bits per heavy atom. The molecule has 4 rings (SSSR count). The topological polar surface area (TPSA) is 101 Å². The Hall–Kier alpha value is -3.49. The molecule has 2 N–H and O–H groups in total. The Morgan fingerprint density at radius 2 is 1.76 bits per heavy atom. The Labute approximate surface area is 240 Å². The summed E-state index contributed by atoms with van der Waals surface area (Å²) in [5, 5.41) is 13.0. The van der Waals surface area contributed by atoms with Crippen LogP contribution in [0.1, 0.15) is 30.5 Å². The summed E-state index contributed by atoms with van der Waals surface area (Å²) >= 11 is 0. The first-order valence-corrected chi connectivity index (χ1v) is 14.7. The summed E-state index contributed by atoms with van der Waals surface area (Å²) < 4.78 is 98.8. The molecule has 3 atom stereocenters. The van der Waals surface area contributed by atoms with Gasteiger partial charge in [-0.15, -0.1) is 0 Å². The number of alkyl halides is 5. The van der Waals surface area contributed by atoms with Gasteiger partial charge in [0.25, 0.3) is 0 Å². The molecule has 1 aliphatic rings. The average Bonchev–Trinajstić information content (AvgIpc) is 3.37. The summed E-state index contributed by atoms with van der Waals surface area (Å²) in [6.07, 6.45) is -3.19. The van der Waals surface area contributed by atoms with E-state index in [-0.39, 0.29) is 42.6 Å². The van der Waals surface area contributed by atoms with Gasteiger partial charge in [0, 0.05) is 6.42 Å². The number of ether oxygens (including phenoxy) is 2. The maximum Gasteiger partial charge on any atom is 0.416 e. The monoisotopic (exact) mass is 615 g/mol. The second-order valence-corrected chi connectivity index (χ2v) is 11.9. The first-order valence-electron chi connectivity index (χ1n) is 13.1. The van der Waals surface area contributed by atoms with Crippen LogP contribution in [0, 0.1) is 0 Å². The van der Waals surface area contributed by atoms with Crippen LogP contribution in [0.15, 0.2) is 71.8 Å². The van der Waals surface area contributed by atoms with Gasteiger partial charge < -0.3 is 24.8 Å². The molecule has 42 heavy (non-hydrogen) atoms. The summed E-state index contributed by atoms with van der Waals surface area (Å²) in [5.41, 5.74) is 0.415. The van der Waals surface area contributed by atoms with E-state index in [0.29, 0.717) is 17.1 Å². The minimum atomic E-state index is -4.48. The lowest BCUT2D eigenvalue weighted by molar-refractivity contribution is -0.137. The molecule has 0 amide bonds. The Kier molecular flexibility index (Phi) is 9.89. The van der Waals surface area contributed by atoms with Crippen molar-refractivity contribution in [2.24, 2.45) is 0 Å². The van der Waals surface area contributed by atoms with Gasteiger partial charge in [-0.1, -0.05) is 19.1 Å². The van der Waals surface area contributed by atoms with Crippen molar-refractivity contribution in [2.75, 3.05) is 35.7 Å². The maximum atomic E-state index is 12.9. The number of hydrogen-bond acceptors (Lipinski definition) is 8. The molecule has 3 aromatic rings. The van der Waals surface area contributed by atoms with Crippen molar-refractivity contribution in [3.63, 3.8) is 0 Å². The zero-order valence-electron chi connectivity index (χ0n) is 22.5. The molecule has 1 fully saturated rings. The van der Waals surface area contributed by atoms with Crippen LogP contribution >= 0.6 is 0 Å². The molecule has 2 heterocycles. The highest BCUT2D eigenvalue weighted by Crippen LogP contribution is 2.33. The summed E-state index contributed by atoms with van der Waals surface area (Å²) in [7, 11) is -3.36. The third kappa shape index (κ3) is 7.86. The standard InChI is InChI=1S/C28H30F5N3O5S/c1-2-42(38,39)24-10-3-18(4-11-24)25(16-37)35-26-12-7-20(14-34-26)36-15-23(13-21(36)17-40-27(29)30)41-22-8-5-19(6-9-22)28(31,32)33/h3-12,14,21,23,25,27,37H,2,13,15-17H2,1H3,(H,34,35)/t21-,23-,25-/m0/s1. The van der Waals surface area contributed by atoms with E-state index in [4.69, 9.17) is 4.74 Å². The van der Waals surface area contributed by atoms with Gasteiger partial charge in [0.15, 0.2) is 9.84 Å². The fourth-order valence-electron chi connectivity index (χ4n) is 4.66. The zero-order valence-corrected chi connectivity index (χ0v) is 23.3. The largest absolute Gasteiger partial charge is 0.489 e. The van der Waals surface area contributed by atoms with E-state index >= 15 is 0 Å². The van der Waals surface area contributed by atoms with Crippen LogP contribution in [-0.4, -0.2) is 62.8 Å². The van der Waals surface area contributed by atoms with Crippen molar-refractivity contribution < 1.29 is 45.0 Å². The number of anilines is 2. The molecule has 228 valence electrons. The number of nitrogens with one attached hydrogen (secondary N) is 1. The van der Waals surface area contributed by atoms with Gasteiger partial charge in [0.2, 0.25) is 0 Å². The Bertz CT molecular complexity index is 1410. The van der Waals surface area contributed by atoms with Gasteiger partial charge in [-0.2, -0.15) is 22.0 Å². The SMILES string of the molecule is CCS(=O)(=O)c1ccc([C@H](CO)Nc2ccc(N3C[C@@H](Oc4ccc(C(F)(F)F)cc4)C[C@H]3COC(F)F)cn2)cc1. The molecule has 1 saturated heterocycles. The van der Waals surface area contributed by atoms with Crippen molar-refractivity contribution in [3.05, 3.63) is 78.0 Å². The van der Waals surface area contributed by atoms with E-state index in [9.17, 15) is 35.5 Å². The fourth-order valence-corrected chi connectivity index (χ4v) is 5.54. The van der Waals surface area contributed by atoms with Crippen LogP contribution in [0.2, 0.25) is 0 Å². The third-order valence-electron chi connectivity index (χ3n) is 6.88. The highest BCUT2D eigenvalue weighted by atomic mass is 32.2. The number of aliphatic hydroxyl groups is 1. The lowest BCUT2D eigenvalue weighted by atomic mass is 10.1. The summed E-state index contributed by atoms with van der Waals surface area (Å²) in [6, 6.07) is 12.7. The van der Waals surface area contributed by atoms with Crippen LogP contribution in [0.3, 0.4) is 0 Å². The first-order chi connectivity index (χ1) is 19.9. The predicted octanol–water partition coefficient (Wildman–Crippen LogP) is 5.31. The second-order valence-electron chi connectivity index (χ2n) is 9.65. The highest BCUT2D eigenvalue weighted by Gasteiger charge is 2.35. The van der Waals surface area contributed by atoms with Crippen molar-refractivity contribution in [1.29, 1.82) is 0 Å². The number of aliphatic hydroxyl groups excluding tert-OH is 1. The third-order valence-corrected chi connectivity index (χ3v) is 8.63. The van der Waals surface area contributed by atoms with Gasteiger partial charge in [-0.3, -0.25) is 0 Å². The molecular weight excluding hydrogens is 585 g/mol. The van der Waals surface area contributed by atoms with E-state index in [1.165, 1.54) is 30.5 Å². The molecular formula is C28H30F5N3O5S. The van der Waals surface area contributed by atoms with E-state index in [2.05, 4.69) is 15.0 Å². The van der Waals surface area contributed by atoms with Crippen molar-refractivity contribution >= 4 is 21.3 Å². The van der Waals surface area contributed by atoms with E-state index in [1.54, 1.807) is 36.1 Å². The smallest absolute Gasteiger partial charge is 0.416 e.